The number of ether oxygens (including phenoxy) is 1. The first-order valence-electron chi connectivity index (χ1n) is 11.7. The van der Waals surface area contributed by atoms with Gasteiger partial charge in [-0.2, -0.15) is 0 Å². The van der Waals surface area contributed by atoms with Crippen molar-refractivity contribution in [3.63, 3.8) is 0 Å². The third-order valence-electron chi connectivity index (χ3n) is 6.87. The molecule has 2 saturated heterocycles. The van der Waals surface area contributed by atoms with E-state index in [1.165, 1.54) is 0 Å². The van der Waals surface area contributed by atoms with Gasteiger partial charge in [-0.05, 0) is 65.2 Å². The Hall–Kier alpha value is -1.61. The largest absolute Gasteiger partial charge is 0.460 e. The summed E-state index contributed by atoms with van der Waals surface area (Å²) in [5, 5.41) is 13.1. The molecule has 2 N–H and O–H groups in total. The normalized spacial score (nSPS) is 34.1. The lowest BCUT2D eigenvalue weighted by atomic mass is 9.76. The molecule has 0 aromatic rings. The van der Waals surface area contributed by atoms with Crippen molar-refractivity contribution in [3.05, 3.63) is 0 Å². The van der Waals surface area contributed by atoms with Gasteiger partial charge in [-0.1, -0.05) is 0 Å². The standard InChI is InChI=1S/C23H36F2N2O5/c1-22(2,3)32-19(29)13-23(31)6-8-27(9-7-23)20-16(24)11-14(12-17(20)25)10-15-4-5-18(28)26-21(15)30/h14-17,20,31H,4-13H2,1-3H3,(H,26,28,30). The van der Waals surface area contributed by atoms with Crippen LogP contribution in [-0.4, -0.2) is 70.5 Å². The second kappa shape index (κ2) is 9.71. The van der Waals surface area contributed by atoms with E-state index in [1.807, 2.05) is 0 Å². The molecule has 32 heavy (non-hydrogen) atoms. The maximum absolute atomic E-state index is 15.1. The fourth-order valence-corrected chi connectivity index (χ4v) is 5.32. The van der Waals surface area contributed by atoms with Crippen molar-refractivity contribution in [1.29, 1.82) is 0 Å². The van der Waals surface area contributed by atoms with Crippen LogP contribution in [0.2, 0.25) is 0 Å². The zero-order chi connectivity index (χ0) is 23.7. The van der Waals surface area contributed by atoms with E-state index in [-0.39, 0.29) is 62.2 Å². The molecule has 0 radical (unpaired) electrons. The van der Waals surface area contributed by atoms with Gasteiger partial charge in [0.2, 0.25) is 11.8 Å². The van der Waals surface area contributed by atoms with E-state index in [4.69, 9.17) is 4.74 Å². The van der Waals surface area contributed by atoms with Gasteiger partial charge in [0.1, 0.15) is 17.9 Å². The molecule has 3 unspecified atom stereocenters. The average Bonchev–Trinajstić information content (AvgIpc) is 2.63. The molecule has 3 aliphatic rings. The number of hydrogen-bond acceptors (Lipinski definition) is 6. The molecule has 2 heterocycles. The van der Waals surface area contributed by atoms with Crippen LogP contribution >= 0.6 is 0 Å². The van der Waals surface area contributed by atoms with Crippen LogP contribution in [-0.2, 0) is 19.1 Å². The average molecular weight is 459 g/mol. The monoisotopic (exact) mass is 458 g/mol. The van der Waals surface area contributed by atoms with Gasteiger partial charge >= 0.3 is 5.97 Å². The Kier molecular flexibility index (Phi) is 7.59. The number of imide groups is 1. The third kappa shape index (κ3) is 6.47. The molecule has 1 aliphatic carbocycles. The fourth-order valence-electron chi connectivity index (χ4n) is 5.32. The highest BCUT2D eigenvalue weighted by molar-refractivity contribution is 5.98. The van der Waals surface area contributed by atoms with Crippen LogP contribution in [0.1, 0.15) is 72.1 Å². The highest BCUT2D eigenvalue weighted by atomic mass is 19.1. The molecule has 3 rings (SSSR count). The minimum Gasteiger partial charge on any atom is -0.460 e. The molecule has 0 bridgehead atoms. The Morgan fingerprint density at radius 1 is 1.19 bits per heavy atom. The minimum absolute atomic E-state index is 0.130. The summed E-state index contributed by atoms with van der Waals surface area (Å²) >= 11 is 0. The number of alkyl halides is 2. The number of rotatable bonds is 5. The number of nitrogens with zero attached hydrogens (tertiary/aromatic N) is 1. The first kappa shape index (κ1) is 25.0. The van der Waals surface area contributed by atoms with Crippen LogP contribution in [0.15, 0.2) is 0 Å². The topological polar surface area (TPSA) is 95.9 Å². The number of carbonyl (C=O) groups excluding carboxylic acids is 3. The first-order valence-corrected chi connectivity index (χ1v) is 11.7. The van der Waals surface area contributed by atoms with E-state index in [1.54, 1.807) is 25.7 Å². The van der Waals surface area contributed by atoms with E-state index in [0.717, 1.165) is 0 Å². The zero-order valence-corrected chi connectivity index (χ0v) is 19.2. The summed E-state index contributed by atoms with van der Waals surface area (Å²) < 4.78 is 35.4. The second-order valence-corrected chi connectivity index (χ2v) is 10.8. The van der Waals surface area contributed by atoms with Gasteiger partial charge in [0.25, 0.3) is 0 Å². The van der Waals surface area contributed by atoms with Crippen molar-refractivity contribution in [2.45, 2.75) is 102 Å². The Morgan fingerprint density at radius 3 is 2.31 bits per heavy atom. The number of hydrogen-bond donors (Lipinski definition) is 2. The summed E-state index contributed by atoms with van der Waals surface area (Å²) in [4.78, 5) is 37.1. The summed E-state index contributed by atoms with van der Waals surface area (Å²) in [6, 6.07) is -0.876. The molecular weight excluding hydrogens is 422 g/mol. The predicted octanol–water partition coefficient (Wildman–Crippen LogP) is 2.44. The number of carbonyl (C=O) groups is 3. The van der Waals surface area contributed by atoms with Crippen LogP contribution in [0.5, 0.6) is 0 Å². The van der Waals surface area contributed by atoms with Crippen LogP contribution in [0.3, 0.4) is 0 Å². The summed E-state index contributed by atoms with van der Waals surface area (Å²) in [7, 11) is 0. The predicted molar refractivity (Wildman–Crippen MR) is 113 cm³/mol. The number of piperidine rings is 2. The lowest BCUT2D eigenvalue weighted by Gasteiger charge is -2.46. The third-order valence-corrected chi connectivity index (χ3v) is 6.87. The van der Waals surface area contributed by atoms with Gasteiger partial charge in [0.15, 0.2) is 0 Å². The molecule has 3 atom stereocenters. The fraction of sp³-hybridized carbons (Fsp3) is 0.870. The summed E-state index contributed by atoms with van der Waals surface area (Å²) in [6.07, 6.45) is -0.905. The maximum atomic E-state index is 15.1. The number of aliphatic hydroxyl groups is 1. The van der Waals surface area contributed by atoms with Crippen LogP contribution < -0.4 is 5.32 Å². The smallest absolute Gasteiger partial charge is 0.309 e. The molecule has 2 amide bonds. The van der Waals surface area contributed by atoms with Crippen molar-refractivity contribution < 1.29 is 33.0 Å². The number of nitrogens with one attached hydrogen (secondary N) is 1. The van der Waals surface area contributed by atoms with E-state index in [9.17, 15) is 19.5 Å². The second-order valence-electron chi connectivity index (χ2n) is 10.8. The molecule has 1 saturated carbocycles. The Labute approximate surface area is 188 Å². The molecule has 9 heteroatoms. The van der Waals surface area contributed by atoms with Gasteiger partial charge in [-0.3, -0.25) is 24.6 Å². The molecule has 0 aromatic heterocycles. The number of amides is 2. The van der Waals surface area contributed by atoms with Gasteiger partial charge in [-0.25, -0.2) is 8.78 Å². The lowest BCUT2D eigenvalue weighted by Crippen LogP contribution is -2.57. The summed E-state index contributed by atoms with van der Waals surface area (Å²) in [5.41, 5.74) is -1.86. The van der Waals surface area contributed by atoms with Crippen LogP contribution in [0, 0.1) is 11.8 Å². The van der Waals surface area contributed by atoms with Gasteiger partial charge in [0, 0.05) is 25.4 Å². The van der Waals surface area contributed by atoms with E-state index < -0.39 is 35.6 Å². The Balaban J connectivity index is 1.50. The van der Waals surface area contributed by atoms with Crippen molar-refractivity contribution in [3.8, 4) is 0 Å². The highest BCUT2D eigenvalue weighted by Crippen LogP contribution is 2.39. The van der Waals surface area contributed by atoms with Crippen molar-refractivity contribution in [2.24, 2.45) is 11.8 Å². The van der Waals surface area contributed by atoms with Gasteiger partial charge in [0.05, 0.1) is 18.1 Å². The summed E-state index contributed by atoms with van der Waals surface area (Å²) in [6.45, 7) is 5.90. The molecular formula is C23H36F2N2O5. The number of esters is 1. The molecule has 0 aromatic carbocycles. The Morgan fingerprint density at radius 2 is 1.78 bits per heavy atom. The minimum atomic E-state index is -1.37. The van der Waals surface area contributed by atoms with E-state index >= 15 is 8.78 Å². The highest BCUT2D eigenvalue weighted by Gasteiger charge is 2.46. The van der Waals surface area contributed by atoms with Gasteiger partial charge < -0.3 is 9.84 Å². The molecule has 0 spiro atoms. The molecule has 7 nitrogen and oxygen atoms in total. The van der Waals surface area contributed by atoms with Gasteiger partial charge in [-0.15, -0.1) is 0 Å². The molecule has 3 fully saturated rings. The van der Waals surface area contributed by atoms with Crippen molar-refractivity contribution in [2.75, 3.05) is 13.1 Å². The van der Waals surface area contributed by atoms with Crippen molar-refractivity contribution >= 4 is 17.8 Å². The quantitative estimate of drug-likeness (QED) is 0.485. The number of halogens is 2. The first-order chi connectivity index (χ1) is 14.8. The SMILES string of the molecule is CC(C)(C)OC(=O)CC1(O)CCN(C2C(F)CC(CC3CCC(=O)NC3=O)CC2F)CC1. The maximum Gasteiger partial charge on any atom is 0.309 e. The molecule has 2 aliphatic heterocycles. The number of likely N-dealkylation sites (tertiary alicyclic amines) is 1. The summed E-state index contributed by atoms with van der Waals surface area (Å²) in [5.74, 6) is -1.72. The Bertz CT molecular complexity index is 706. The van der Waals surface area contributed by atoms with Crippen LogP contribution in [0.4, 0.5) is 8.78 Å². The lowest BCUT2D eigenvalue weighted by molar-refractivity contribution is -0.163. The zero-order valence-electron chi connectivity index (χ0n) is 19.2. The van der Waals surface area contributed by atoms with Crippen molar-refractivity contribution in [1.82, 2.24) is 10.2 Å². The van der Waals surface area contributed by atoms with E-state index in [2.05, 4.69) is 5.32 Å². The van der Waals surface area contributed by atoms with Crippen LogP contribution in [0.25, 0.3) is 0 Å². The van der Waals surface area contributed by atoms with E-state index in [0.29, 0.717) is 25.9 Å². The molecule has 182 valence electrons.